The number of rotatable bonds is 7. The van der Waals surface area contributed by atoms with Gasteiger partial charge in [0.1, 0.15) is 0 Å². The maximum atomic E-state index is 10.6. The predicted molar refractivity (Wildman–Crippen MR) is 62.6 cm³/mol. The number of aliphatic carboxylic acids is 1. The third-order valence-corrected chi connectivity index (χ3v) is 2.67. The van der Waals surface area contributed by atoms with Crippen molar-refractivity contribution >= 4 is 18.4 Å². The van der Waals surface area contributed by atoms with Crippen molar-refractivity contribution in [3.8, 4) is 0 Å². The number of nitrogens with one attached hydrogen (secondary N) is 1. The standard InChI is InChI=1S/C10H21NO3.ClH/c1-5-7(2)10(11-3)8(14-4)6-9(12)13;/h7-8,10-11H,5-6H2,1-4H3,(H,12,13);1H/t7-,8+,10+;/m0./s1. The molecule has 0 aromatic carbocycles. The molecule has 92 valence electrons. The Kier molecular flexibility index (Phi) is 10.2. The molecule has 0 bridgehead atoms. The summed E-state index contributed by atoms with van der Waals surface area (Å²) in [7, 11) is 3.39. The van der Waals surface area contributed by atoms with Gasteiger partial charge >= 0.3 is 5.97 Å². The van der Waals surface area contributed by atoms with Crippen LogP contribution in [-0.4, -0.2) is 37.4 Å². The molecule has 0 aromatic rings. The molecule has 0 saturated heterocycles. The summed E-state index contributed by atoms with van der Waals surface area (Å²) in [6, 6.07) is 0.0982. The molecule has 0 aromatic heterocycles. The first-order valence-electron chi connectivity index (χ1n) is 4.98. The van der Waals surface area contributed by atoms with Crippen molar-refractivity contribution < 1.29 is 14.6 Å². The molecule has 15 heavy (non-hydrogen) atoms. The summed E-state index contributed by atoms with van der Waals surface area (Å²) >= 11 is 0. The van der Waals surface area contributed by atoms with Crippen molar-refractivity contribution in [2.24, 2.45) is 5.92 Å². The number of hydrogen-bond acceptors (Lipinski definition) is 3. The lowest BCUT2D eigenvalue weighted by Crippen LogP contribution is -2.44. The third-order valence-electron chi connectivity index (χ3n) is 2.67. The van der Waals surface area contributed by atoms with Crippen molar-refractivity contribution in [3.63, 3.8) is 0 Å². The van der Waals surface area contributed by atoms with Crippen molar-refractivity contribution in [2.45, 2.75) is 38.8 Å². The van der Waals surface area contributed by atoms with Crippen LogP contribution < -0.4 is 5.32 Å². The number of hydrogen-bond donors (Lipinski definition) is 2. The molecule has 0 heterocycles. The van der Waals surface area contributed by atoms with Gasteiger partial charge in [0.25, 0.3) is 0 Å². The largest absolute Gasteiger partial charge is 0.481 e. The summed E-state index contributed by atoms with van der Waals surface area (Å²) in [6.45, 7) is 4.18. The van der Waals surface area contributed by atoms with Gasteiger partial charge in [-0.2, -0.15) is 0 Å². The van der Waals surface area contributed by atoms with Crippen LogP contribution in [0, 0.1) is 5.92 Å². The molecule has 0 unspecified atom stereocenters. The minimum atomic E-state index is -0.819. The van der Waals surface area contributed by atoms with Crippen molar-refractivity contribution in [3.05, 3.63) is 0 Å². The first kappa shape index (κ1) is 17.1. The first-order chi connectivity index (χ1) is 6.56. The van der Waals surface area contributed by atoms with E-state index in [2.05, 4.69) is 19.2 Å². The highest BCUT2D eigenvalue weighted by molar-refractivity contribution is 5.85. The summed E-state index contributed by atoms with van der Waals surface area (Å²) in [5.41, 5.74) is 0. The Morgan fingerprint density at radius 1 is 1.53 bits per heavy atom. The highest BCUT2D eigenvalue weighted by atomic mass is 35.5. The monoisotopic (exact) mass is 239 g/mol. The van der Waals surface area contributed by atoms with Crippen LogP contribution in [0.15, 0.2) is 0 Å². The molecule has 5 heteroatoms. The normalized spacial score (nSPS) is 16.3. The van der Waals surface area contributed by atoms with E-state index >= 15 is 0 Å². The van der Waals surface area contributed by atoms with Crippen LogP contribution in [0.4, 0.5) is 0 Å². The summed E-state index contributed by atoms with van der Waals surface area (Å²) < 4.78 is 5.19. The zero-order valence-electron chi connectivity index (χ0n) is 9.82. The number of likely N-dealkylation sites (N-methyl/N-ethyl adjacent to an activating group) is 1. The lowest BCUT2D eigenvalue weighted by Gasteiger charge is -2.29. The number of methoxy groups -OCH3 is 1. The topological polar surface area (TPSA) is 58.6 Å². The van der Waals surface area contributed by atoms with Gasteiger partial charge in [0, 0.05) is 13.2 Å². The maximum absolute atomic E-state index is 10.6. The lowest BCUT2D eigenvalue weighted by molar-refractivity contribution is -0.140. The molecule has 0 amide bonds. The zero-order valence-corrected chi connectivity index (χ0v) is 10.6. The van der Waals surface area contributed by atoms with Gasteiger partial charge in [0.15, 0.2) is 0 Å². The molecule has 4 nitrogen and oxygen atoms in total. The molecule has 0 aliphatic rings. The summed E-state index contributed by atoms with van der Waals surface area (Å²) in [6.07, 6.45) is 0.796. The van der Waals surface area contributed by atoms with Crippen LogP contribution in [0.3, 0.4) is 0 Å². The predicted octanol–water partition coefficient (Wildman–Crippen LogP) is 1.53. The quantitative estimate of drug-likeness (QED) is 0.708. The molecule has 0 spiro atoms. The highest BCUT2D eigenvalue weighted by Gasteiger charge is 2.26. The van der Waals surface area contributed by atoms with E-state index in [1.807, 2.05) is 7.05 Å². The average molecular weight is 240 g/mol. The fourth-order valence-corrected chi connectivity index (χ4v) is 1.62. The van der Waals surface area contributed by atoms with E-state index in [4.69, 9.17) is 9.84 Å². The van der Waals surface area contributed by atoms with Gasteiger partial charge in [0.2, 0.25) is 0 Å². The van der Waals surface area contributed by atoms with E-state index in [9.17, 15) is 4.79 Å². The van der Waals surface area contributed by atoms with Gasteiger partial charge in [-0.15, -0.1) is 12.4 Å². The number of ether oxygens (including phenoxy) is 1. The molecular weight excluding hydrogens is 218 g/mol. The van der Waals surface area contributed by atoms with Gasteiger partial charge in [-0.1, -0.05) is 20.3 Å². The van der Waals surface area contributed by atoms with Gasteiger partial charge in [-0.05, 0) is 13.0 Å². The molecule has 0 rings (SSSR count). The highest BCUT2D eigenvalue weighted by Crippen LogP contribution is 2.15. The minimum Gasteiger partial charge on any atom is -0.481 e. The zero-order chi connectivity index (χ0) is 11.1. The Balaban J connectivity index is 0. The fraction of sp³-hybridized carbons (Fsp3) is 0.900. The smallest absolute Gasteiger partial charge is 0.306 e. The van der Waals surface area contributed by atoms with E-state index in [-0.39, 0.29) is 31.0 Å². The number of carboxylic acids is 1. The molecule has 0 aliphatic heterocycles. The van der Waals surface area contributed by atoms with E-state index in [1.54, 1.807) is 7.11 Å². The first-order valence-corrected chi connectivity index (χ1v) is 4.98. The lowest BCUT2D eigenvalue weighted by atomic mass is 9.93. The summed E-state index contributed by atoms with van der Waals surface area (Å²) in [4.78, 5) is 10.6. The molecule has 0 radical (unpaired) electrons. The van der Waals surface area contributed by atoms with Crippen molar-refractivity contribution in [2.75, 3.05) is 14.2 Å². The van der Waals surface area contributed by atoms with Gasteiger partial charge in [-0.3, -0.25) is 4.79 Å². The minimum absolute atomic E-state index is 0. The Morgan fingerprint density at radius 3 is 2.33 bits per heavy atom. The van der Waals surface area contributed by atoms with Crippen LogP contribution in [0.25, 0.3) is 0 Å². The Morgan fingerprint density at radius 2 is 2.07 bits per heavy atom. The molecule has 3 atom stereocenters. The second kappa shape index (κ2) is 8.95. The van der Waals surface area contributed by atoms with Gasteiger partial charge in [-0.25, -0.2) is 0 Å². The Hall–Kier alpha value is -0.320. The van der Waals surface area contributed by atoms with Gasteiger partial charge < -0.3 is 15.2 Å². The van der Waals surface area contributed by atoms with Crippen LogP contribution in [0.1, 0.15) is 26.7 Å². The second-order valence-electron chi connectivity index (χ2n) is 3.57. The summed E-state index contributed by atoms with van der Waals surface area (Å²) in [5, 5.41) is 11.8. The Bertz CT molecular complexity index is 178. The van der Waals surface area contributed by atoms with E-state index in [1.165, 1.54) is 0 Å². The summed E-state index contributed by atoms with van der Waals surface area (Å²) in [5.74, 6) is -0.412. The van der Waals surface area contributed by atoms with Crippen LogP contribution >= 0.6 is 12.4 Å². The third kappa shape index (κ3) is 5.97. The van der Waals surface area contributed by atoms with E-state index in [0.717, 1.165) is 6.42 Å². The second-order valence-corrected chi connectivity index (χ2v) is 3.57. The maximum Gasteiger partial charge on any atom is 0.306 e. The van der Waals surface area contributed by atoms with Crippen LogP contribution in [0.5, 0.6) is 0 Å². The van der Waals surface area contributed by atoms with Crippen molar-refractivity contribution in [1.29, 1.82) is 0 Å². The molecule has 0 aliphatic carbocycles. The van der Waals surface area contributed by atoms with E-state index in [0.29, 0.717) is 5.92 Å². The SMILES string of the molecule is CC[C@H](C)[C@@H](NC)[C@@H](CC(=O)O)OC.Cl. The fourth-order valence-electron chi connectivity index (χ4n) is 1.62. The van der Waals surface area contributed by atoms with Crippen LogP contribution in [-0.2, 0) is 9.53 Å². The van der Waals surface area contributed by atoms with E-state index < -0.39 is 5.97 Å². The molecule has 0 saturated carbocycles. The Labute approximate surface area is 97.8 Å². The number of halogens is 1. The number of carbonyl (C=O) groups is 1. The van der Waals surface area contributed by atoms with Crippen LogP contribution in [0.2, 0.25) is 0 Å². The van der Waals surface area contributed by atoms with Gasteiger partial charge in [0.05, 0.1) is 12.5 Å². The molecule has 0 fully saturated rings. The number of carboxylic acid groups (broad SMARTS) is 1. The molecular formula is C10H22ClNO3. The average Bonchev–Trinajstić information content (AvgIpc) is 2.16. The van der Waals surface area contributed by atoms with Crippen molar-refractivity contribution in [1.82, 2.24) is 5.32 Å². The molecule has 2 N–H and O–H groups in total.